The fourth-order valence-electron chi connectivity index (χ4n) is 1.95. The minimum Gasteiger partial charge on any atom is -0.381 e. The van der Waals surface area contributed by atoms with Crippen LogP contribution in [0.5, 0.6) is 0 Å². The van der Waals surface area contributed by atoms with Crippen molar-refractivity contribution in [3.05, 3.63) is 68.2 Å². The van der Waals surface area contributed by atoms with E-state index in [0.29, 0.717) is 16.6 Å². The number of nitro groups is 1. The number of hydrogen-bond acceptors (Lipinski definition) is 3. The van der Waals surface area contributed by atoms with Crippen molar-refractivity contribution >= 4 is 27.3 Å². The van der Waals surface area contributed by atoms with Crippen LogP contribution in [0.2, 0.25) is 0 Å². The molecule has 0 atom stereocenters. The van der Waals surface area contributed by atoms with Gasteiger partial charge in [-0.3, -0.25) is 10.1 Å². The van der Waals surface area contributed by atoms with Crippen LogP contribution in [-0.2, 0) is 13.0 Å². The van der Waals surface area contributed by atoms with Crippen molar-refractivity contribution in [1.82, 2.24) is 0 Å². The first-order valence-corrected chi connectivity index (χ1v) is 7.15. The summed E-state index contributed by atoms with van der Waals surface area (Å²) in [4.78, 5) is 10.7. The molecule has 0 aliphatic carbocycles. The second-order valence-corrected chi connectivity index (χ2v) is 5.35. The summed E-state index contributed by atoms with van der Waals surface area (Å²) in [5, 5.41) is 14.3. The Hall–Kier alpha value is -1.88. The Morgan fingerprint density at radius 1 is 1.25 bits per heavy atom. The van der Waals surface area contributed by atoms with E-state index in [0.717, 1.165) is 12.1 Å². The van der Waals surface area contributed by atoms with Gasteiger partial charge in [-0.25, -0.2) is 0 Å². The van der Waals surface area contributed by atoms with Gasteiger partial charge in [-0.15, -0.1) is 0 Å². The van der Waals surface area contributed by atoms with Gasteiger partial charge in [0.25, 0.3) is 5.69 Å². The quantitative estimate of drug-likeness (QED) is 0.645. The monoisotopic (exact) mass is 334 g/mol. The lowest BCUT2D eigenvalue weighted by molar-refractivity contribution is -0.385. The maximum absolute atomic E-state index is 11.0. The zero-order valence-electron chi connectivity index (χ0n) is 11.1. The summed E-state index contributed by atoms with van der Waals surface area (Å²) in [6.45, 7) is 2.52. The number of aryl methyl sites for hydroxylation is 1. The Bertz CT molecular complexity index is 629. The van der Waals surface area contributed by atoms with Crippen LogP contribution in [0.4, 0.5) is 11.4 Å². The van der Waals surface area contributed by atoms with E-state index in [2.05, 4.69) is 40.3 Å². The van der Waals surface area contributed by atoms with E-state index in [4.69, 9.17) is 0 Å². The summed E-state index contributed by atoms with van der Waals surface area (Å²) in [5.74, 6) is 0. The fraction of sp³-hybridized carbons (Fsp3) is 0.200. The first-order chi connectivity index (χ1) is 9.60. The topological polar surface area (TPSA) is 55.2 Å². The lowest BCUT2D eigenvalue weighted by Gasteiger charge is -2.08. The number of benzene rings is 2. The van der Waals surface area contributed by atoms with Crippen molar-refractivity contribution in [2.45, 2.75) is 19.9 Å². The molecule has 4 nitrogen and oxygen atoms in total. The highest BCUT2D eigenvalue weighted by atomic mass is 79.9. The molecule has 0 fully saturated rings. The number of anilines is 1. The molecule has 0 aliphatic heterocycles. The molecule has 0 heterocycles. The van der Waals surface area contributed by atoms with E-state index >= 15 is 0 Å². The number of hydrogen-bond donors (Lipinski definition) is 1. The van der Waals surface area contributed by atoms with Crippen molar-refractivity contribution in [3.8, 4) is 0 Å². The number of nitro benzene ring substituents is 1. The Morgan fingerprint density at radius 3 is 2.75 bits per heavy atom. The van der Waals surface area contributed by atoms with Gasteiger partial charge in [0, 0.05) is 28.3 Å². The molecule has 0 unspecified atom stereocenters. The predicted molar refractivity (Wildman–Crippen MR) is 83.9 cm³/mol. The van der Waals surface area contributed by atoms with Crippen LogP contribution in [0.25, 0.3) is 0 Å². The molecule has 0 amide bonds. The minimum absolute atomic E-state index is 0.124. The standard InChI is InChI=1S/C15H15BrN2O2/c1-2-11-4-3-5-14(8-11)17-10-12-6-7-13(16)9-15(12)18(19)20/h3-9,17H,2,10H2,1H3. The van der Waals surface area contributed by atoms with Gasteiger partial charge in [-0.2, -0.15) is 0 Å². The lowest BCUT2D eigenvalue weighted by atomic mass is 10.1. The van der Waals surface area contributed by atoms with E-state index < -0.39 is 0 Å². The summed E-state index contributed by atoms with van der Waals surface area (Å²) < 4.78 is 0.709. The molecule has 0 saturated carbocycles. The summed E-state index contributed by atoms with van der Waals surface area (Å²) >= 11 is 3.25. The van der Waals surface area contributed by atoms with Crippen LogP contribution in [-0.4, -0.2) is 4.92 Å². The van der Waals surface area contributed by atoms with E-state index in [1.165, 1.54) is 11.6 Å². The minimum atomic E-state index is -0.357. The number of rotatable bonds is 5. The largest absolute Gasteiger partial charge is 0.381 e. The third-order valence-corrected chi connectivity index (χ3v) is 3.56. The van der Waals surface area contributed by atoms with Crippen LogP contribution in [0.1, 0.15) is 18.1 Å². The average molecular weight is 335 g/mol. The highest BCUT2D eigenvalue weighted by Gasteiger charge is 2.13. The van der Waals surface area contributed by atoms with Crippen molar-refractivity contribution in [2.24, 2.45) is 0 Å². The zero-order valence-corrected chi connectivity index (χ0v) is 12.7. The molecule has 2 rings (SSSR count). The molecule has 0 spiro atoms. The second-order valence-electron chi connectivity index (χ2n) is 4.44. The van der Waals surface area contributed by atoms with Gasteiger partial charge in [0.15, 0.2) is 0 Å². The van der Waals surface area contributed by atoms with Crippen LogP contribution in [0, 0.1) is 10.1 Å². The van der Waals surface area contributed by atoms with Crippen molar-refractivity contribution in [3.63, 3.8) is 0 Å². The van der Waals surface area contributed by atoms with Gasteiger partial charge in [-0.1, -0.05) is 35.0 Å². The van der Waals surface area contributed by atoms with E-state index in [-0.39, 0.29) is 10.6 Å². The van der Waals surface area contributed by atoms with Crippen molar-refractivity contribution < 1.29 is 4.92 Å². The maximum Gasteiger partial charge on any atom is 0.275 e. The van der Waals surface area contributed by atoms with E-state index in [1.54, 1.807) is 6.07 Å². The Balaban J connectivity index is 2.16. The van der Waals surface area contributed by atoms with E-state index in [1.807, 2.05) is 18.2 Å². The highest BCUT2D eigenvalue weighted by molar-refractivity contribution is 9.10. The average Bonchev–Trinajstić information content (AvgIpc) is 2.46. The normalized spacial score (nSPS) is 10.3. The molecule has 2 aromatic carbocycles. The molecule has 0 radical (unpaired) electrons. The van der Waals surface area contributed by atoms with Gasteiger partial charge in [0.05, 0.1) is 4.92 Å². The Morgan fingerprint density at radius 2 is 2.05 bits per heavy atom. The zero-order chi connectivity index (χ0) is 14.5. The molecule has 0 saturated heterocycles. The fourth-order valence-corrected chi connectivity index (χ4v) is 2.30. The molecule has 2 aromatic rings. The van der Waals surface area contributed by atoms with Crippen molar-refractivity contribution in [2.75, 3.05) is 5.32 Å². The van der Waals surface area contributed by atoms with Crippen LogP contribution < -0.4 is 5.32 Å². The molecule has 20 heavy (non-hydrogen) atoms. The Labute approximate surface area is 126 Å². The predicted octanol–water partition coefficient (Wildman–Crippen LogP) is 4.53. The molecule has 0 aromatic heterocycles. The molecular weight excluding hydrogens is 320 g/mol. The summed E-state index contributed by atoms with van der Waals surface area (Å²) in [7, 11) is 0. The molecule has 104 valence electrons. The maximum atomic E-state index is 11.0. The van der Waals surface area contributed by atoms with Crippen LogP contribution in [0.3, 0.4) is 0 Å². The van der Waals surface area contributed by atoms with E-state index in [9.17, 15) is 10.1 Å². The lowest BCUT2D eigenvalue weighted by Crippen LogP contribution is -2.03. The SMILES string of the molecule is CCc1cccc(NCc2ccc(Br)cc2[N+](=O)[O-])c1. The summed E-state index contributed by atoms with van der Waals surface area (Å²) in [5.41, 5.74) is 3.00. The molecule has 0 aliphatic rings. The van der Waals surface area contributed by atoms with Gasteiger partial charge < -0.3 is 5.32 Å². The van der Waals surface area contributed by atoms with Gasteiger partial charge in [0.1, 0.15) is 0 Å². The highest BCUT2D eigenvalue weighted by Crippen LogP contribution is 2.24. The number of nitrogens with one attached hydrogen (secondary N) is 1. The number of nitrogens with zero attached hydrogens (tertiary/aromatic N) is 1. The van der Waals surface area contributed by atoms with Crippen LogP contribution in [0.15, 0.2) is 46.9 Å². The molecule has 0 bridgehead atoms. The molecule has 1 N–H and O–H groups in total. The Kier molecular flexibility index (Phi) is 4.74. The first kappa shape index (κ1) is 14.5. The van der Waals surface area contributed by atoms with Gasteiger partial charge in [0.2, 0.25) is 0 Å². The first-order valence-electron chi connectivity index (χ1n) is 6.35. The molecular formula is C15H15BrN2O2. The van der Waals surface area contributed by atoms with Gasteiger partial charge in [-0.05, 0) is 36.2 Å². The third kappa shape index (κ3) is 3.57. The van der Waals surface area contributed by atoms with Crippen LogP contribution >= 0.6 is 15.9 Å². The smallest absolute Gasteiger partial charge is 0.275 e. The summed E-state index contributed by atoms with van der Waals surface area (Å²) in [6.07, 6.45) is 0.966. The molecule has 5 heteroatoms. The number of halogens is 1. The summed E-state index contributed by atoms with van der Waals surface area (Å²) in [6, 6.07) is 13.2. The van der Waals surface area contributed by atoms with Crippen molar-refractivity contribution in [1.29, 1.82) is 0 Å². The third-order valence-electron chi connectivity index (χ3n) is 3.06. The van der Waals surface area contributed by atoms with Gasteiger partial charge >= 0.3 is 0 Å². The second kappa shape index (κ2) is 6.52.